The van der Waals surface area contributed by atoms with Crippen LogP contribution in [0.4, 0.5) is 5.82 Å². The van der Waals surface area contributed by atoms with Gasteiger partial charge in [-0.2, -0.15) is 0 Å². The second kappa shape index (κ2) is 7.36. The molecule has 2 unspecified atom stereocenters. The minimum Gasteiger partial charge on any atom is -0.456 e. The number of aliphatic hydroxyl groups is 1. The Balaban J connectivity index is 1.69. The molecule has 0 aromatic carbocycles. The zero-order valence-electron chi connectivity index (χ0n) is 17.2. The monoisotopic (exact) mass is 499 g/mol. The molecule has 0 radical (unpaired) electrons. The molecule has 2 aromatic rings. The molecule has 3 N–H and O–H groups in total. The highest BCUT2D eigenvalue weighted by Gasteiger charge is 2.60. The molecule has 168 valence electrons. The second-order valence-corrected chi connectivity index (χ2v) is 9.11. The summed E-state index contributed by atoms with van der Waals surface area (Å²) in [7, 11) is 0. The molecule has 31 heavy (non-hydrogen) atoms. The van der Waals surface area contributed by atoms with Gasteiger partial charge in [0.25, 0.3) is 0 Å². The normalized spacial score (nSPS) is 33.4. The lowest BCUT2D eigenvalue weighted by atomic mass is 10.0. The second-order valence-electron chi connectivity index (χ2n) is 8.06. The van der Waals surface area contributed by atoms with Crippen molar-refractivity contribution >= 4 is 44.9 Å². The van der Waals surface area contributed by atoms with Crippen molar-refractivity contribution in [3.63, 3.8) is 0 Å². The minimum absolute atomic E-state index is 0.179. The fraction of sp³-hybridized carbons (Fsp3) is 0.611. The van der Waals surface area contributed by atoms with Crippen LogP contribution in [0.5, 0.6) is 0 Å². The number of rotatable bonds is 4. The van der Waals surface area contributed by atoms with E-state index in [1.165, 1.54) is 31.1 Å². The summed E-state index contributed by atoms with van der Waals surface area (Å²) in [6, 6.07) is 0. The lowest BCUT2D eigenvalue weighted by Gasteiger charge is -2.33. The van der Waals surface area contributed by atoms with Crippen molar-refractivity contribution in [3.8, 4) is 0 Å². The van der Waals surface area contributed by atoms with E-state index in [9.17, 15) is 14.7 Å². The third kappa shape index (κ3) is 3.54. The van der Waals surface area contributed by atoms with Gasteiger partial charge in [0.1, 0.15) is 24.1 Å². The van der Waals surface area contributed by atoms with Gasteiger partial charge in [-0.1, -0.05) is 15.9 Å². The first-order chi connectivity index (χ1) is 14.4. The van der Waals surface area contributed by atoms with Gasteiger partial charge in [-0.15, -0.1) is 0 Å². The maximum Gasteiger partial charge on any atom is 0.340 e. The number of hydrogen-bond acceptors (Lipinski definition) is 11. The molecule has 2 aliphatic heterocycles. The van der Waals surface area contributed by atoms with Gasteiger partial charge in [0.15, 0.2) is 29.4 Å². The number of carbonyl (C=O) groups excluding carboxylic acids is 2. The number of imidazole rings is 1. The third-order valence-corrected chi connectivity index (χ3v) is 6.30. The first-order valence-corrected chi connectivity index (χ1v) is 10.4. The van der Waals surface area contributed by atoms with Gasteiger partial charge in [0, 0.05) is 13.8 Å². The molecule has 0 bridgehead atoms. The van der Waals surface area contributed by atoms with Gasteiger partial charge < -0.3 is 29.8 Å². The van der Waals surface area contributed by atoms with Crippen molar-refractivity contribution in [2.75, 3.05) is 5.73 Å². The molecule has 6 atom stereocenters. The van der Waals surface area contributed by atoms with Crippen LogP contribution in [0, 0.1) is 0 Å². The molecule has 0 saturated carbocycles. The molecule has 2 aromatic heterocycles. The van der Waals surface area contributed by atoms with E-state index in [0.29, 0.717) is 11.2 Å². The molecule has 2 fully saturated rings. The summed E-state index contributed by atoms with van der Waals surface area (Å²) in [6.45, 7) is 5.79. The minimum atomic E-state index is -1.67. The van der Waals surface area contributed by atoms with Crippen molar-refractivity contribution in [2.24, 2.45) is 0 Å². The first kappa shape index (κ1) is 21.9. The Bertz CT molecular complexity index is 1050. The number of nitrogen functional groups attached to an aromatic ring is 1. The molecule has 2 aliphatic rings. The van der Waals surface area contributed by atoms with Crippen LogP contribution in [0.2, 0.25) is 0 Å². The lowest BCUT2D eigenvalue weighted by Crippen LogP contribution is -2.51. The van der Waals surface area contributed by atoms with E-state index >= 15 is 0 Å². The summed E-state index contributed by atoms with van der Waals surface area (Å²) in [5, 5.41) is 11.1. The topological polar surface area (TPSA) is 161 Å². The highest BCUT2D eigenvalue weighted by Crippen LogP contribution is 2.44. The van der Waals surface area contributed by atoms with Crippen LogP contribution in [0.25, 0.3) is 11.2 Å². The number of nitrogens with two attached hydrogens (primary N) is 1. The molecular weight excluding hydrogens is 478 g/mol. The van der Waals surface area contributed by atoms with E-state index in [1.807, 2.05) is 0 Å². The molecule has 4 rings (SSSR count). The van der Waals surface area contributed by atoms with Crippen molar-refractivity contribution in [1.29, 1.82) is 0 Å². The van der Waals surface area contributed by atoms with Gasteiger partial charge in [-0.25, -0.2) is 19.7 Å². The Labute approximate surface area is 185 Å². The number of carbonyl (C=O) groups is 2. The molecule has 0 spiro atoms. The largest absolute Gasteiger partial charge is 0.456 e. The molecule has 12 nitrogen and oxygen atoms in total. The van der Waals surface area contributed by atoms with Crippen LogP contribution < -0.4 is 5.73 Å². The van der Waals surface area contributed by atoms with Crippen molar-refractivity contribution in [1.82, 2.24) is 19.5 Å². The fourth-order valence-electron chi connectivity index (χ4n) is 3.80. The van der Waals surface area contributed by atoms with Crippen molar-refractivity contribution in [2.45, 2.75) is 68.5 Å². The van der Waals surface area contributed by atoms with Crippen molar-refractivity contribution in [3.05, 3.63) is 12.7 Å². The van der Waals surface area contributed by atoms with Crippen LogP contribution in [-0.2, 0) is 28.5 Å². The molecule has 2 saturated heterocycles. The summed E-state index contributed by atoms with van der Waals surface area (Å²) < 4.78 is 24.2. The third-order valence-electron chi connectivity index (χ3n) is 5.26. The number of cyclic esters (lactones) is 1. The quantitative estimate of drug-likeness (QED) is 0.443. The number of nitrogens with zero attached hydrogens (tertiary/aromatic N) is 4. The average Bonchev–Trinajstić information content (AvgIpc) is 3.29. The van der Waals surface area contributed by atoms with Gasteiger partial charge in [-0.3, -0.25) is 9.36 Å². The summed E-state index contributed by atoms with van der Waals surface area (Å²) >= 11 is 3.47. The van der Waals surface area contributed by atoms with E-state index in [2.05, 4.69) is 30.9 Å². The number of alkyl halides is 1. The lowest BCUT2D eigenvalue weighted by molar-refractivity contribution is -0.250. The van der Waals surface area contributed by atoms with Crippen LogP contribution in [0.3, 0.4) is 0 Å². The Morgan fingerprint density at radius 2 is 2.06 bits per heavy atom. The molecular formula is C18H22BrN5O7. The van der Waals surface area contributed by atoms with Crippen LogP contribution in [-0.4, -0.2) is 71.1 Å². The zero-order chi connectivity index (χ0) is 22.7. The predicted molar refractivity (Wildman–Crippen MR) is 108 cm³/mol. The van der Waals surface area contributed by atoms with E-state index in [0.717, 1.165) is 0 Å². The van der Waals surface area contributed by atoms with Crippen LogP contribution >= 0.6 is 15.9 Å². The number of halogens is 1. The highest BCUT2D eigenvalue weighted by molar-refractivity contribution is 9.09. The van der Waals surface area contributed by atoms with Gasteiger partial charge in [0.2, 0.25) is 5.79 Å². The number of hydrogen-bond donors (Lipinski definition) is 2. The maximum atomic E-state index is 12.1. The number of fused-ring (bicyclic) bond motifs is 1. The number of anilines is 1. The van der Waals surface area contributed by atoms with Crippen LogP contribution in [0.1, 0.15) is 33.9 Å². The highest BCUT2D eigenvalue weighted by atomic mass is 79.9. The molecule has 13 heteroatoms. The summed E-state index contributed by atoms with van der Waals surface area (Å²) in [6.07, 6.45) is -1.49. The Morgan fingerprint density at radius 3 is 2.68 bits per heavy atom. The van der Waals surface area contributed by atoms with Crippen LogP contribution in [0.15, 0.2) is 12.7 Å². The summed E-state index contributed by atoms with van der Waals surface area (Å²) in [4.78, 5) is 35.5. The van der Waals surface area contributed by atoms with E-state index in [-0.39, 0.29) is 5.82 Å². The predicted octanol–water partition coefficient (Wildman–Crippen LogP) is 0.430. The fourth-order valence-corrected chi connectivity index (χ4v) is 4.58. The summed E-state index contributed by atoms with van der Waals surface area (Å²) in [5.74, 6) is -2.65. The molecule has 0 aliphatic carbocycles. The smallest absolute Gasteiger partial charge is 0.340 e. The van der Waals surface area contributed by atoms with E-state index < -0.39 is 52.7 Å². The average molecular weight is 500 g/mol. The molecule has 0 amide bonds. The van der Waals surface area contributed by atoms with E-state index in [1.54, 1.807) is 13.8 Å². The van der Waals surface area contributed by atoms with Gasteiger partial charge >= 0.3 is 11.9 Å². The Hall–Kier alpha value is -2.35. The Kier molecular flexibility index (Phi) is 5.19. The SMILES string of the molecule is CC(=O)O[C@@H]1[C@H](Br)[C@@H](C(O)C2(C)OC(=O)C(C)(C)O2)O[C@H]1n1cnc2c(N)ncnc21. The van der Waals surface area contributed by atoms with Gasteiger partial charge in [-0.05, 0) is 13.8 Å². The number of aliphatic hydroxyl groups excluding tert-OH is 1. The van der Waals surface area contributed by atoms with Gasteiger partial charge in [0.05, 0.1) is 11.2 Å². The number of ether oxygens (including phenoxy) is 4. The summed E-state index contributed by atoms with van der Waals surface area (Å²) in [5.41, 5.74) is 5.33. The number of aromatic nitrogens is 4. The standard InChI is InChI=1S/C18H22BrN5O7/c1-7(25)28-11-8(19)10(12(26)18(4)30-16(27)17(2,3)31-18)29-15(11)24-6-23-9-13(20)21-5-22-14(9)24/h5-6,8,10-12,15,26H,1-4H3,(H2,20,21,22)/t8-,10+,11-,12?,15-,18?/m1/s1. The zero-order valence-corrected chi connectivity index (χ0v) is 18.8. The maximum absolute atomic E-state index is 12.1. The molecule has 4 heterocycles. The Morgan fingerprint density at radius 1 is 1.35 bits per heavy atom. The first-order valence-electron chi connectivity index (χ1n) is 9.46. The number of esters is 2. The van der Waals surface area contributed by atoms with E-state index in [4.69, 9.17) is 24.7 Å². The van der Waals surface area contributed by atoms with Crippen molar-refractivity contribution < 1.29 is 33.6 Å².